The van der Waals surface area contributed by atoms with Crippen LogP contribution in [-0.4, -0.2) is 22.0 Å². The van der Waals surface area contributed by atoms with E-state index in [9.17, 15) is 0 Å². The molecule has 0 saturated heterocycles. The van der Waals surface area contributed by atoms with Gasteiger partial charge in [0.1, 0.15) is 22.2 Å². The lowest BCUT2D eigenvalue weighted by molar-refractivity contribution is 0.489. The van der Waals surface area contributed by atoms with Crippen molar-refractivity contribution in [1.29, 1.82) is 0 Å². The summed E-state index contributed by atoms with van der Waals surface area (Å²) in [6.07, 6.45) is 2.36. The Morgan fingerprint density at radius 2 is 2.05 bits per heavy atom. The summed E-state index contributed by atoms with van der Waals surface area (Å²) in [5.74, 6) is 2.27. The number of hydrogen-bond acceptors (Lipinski definition) is 6. The highest BCUT2D eigenvalue weighted by Gasteiger charge is 2.27. The summed E-state index contributed by atoms with van der Waals surface area (Å²) in [7, 11) is 1.87. The van der Waals surface area contributed by atoms with Gasteiger partial charge in [-0.15, -0.1) is 0 Å². The molecule has 0 spiro atoms. The van der Waals surface area contributed by atoms with Gasteiger partial charge in [0.2, 0.25) is 0 Å². The first-order chi connectivity index (χ1) is 10.3. The molecule has 1 saturated carbocycles. The molecule has 5 nitrogen and oxygen atoms in total. The molecule has 0 radical (unpaired) electrons. The van der Waals surface area contributed by atoms with Gasteiger partial charge in [-0.2, -0.15) is 0 Å². The Morgan fingerprint density at radius 1 is 1.19 bits per heavy atom. The highest BCUT2D eigenvalue weighted by atomic mass is 32.2. The average Bonchev–Trinajstić information content (AvgIpc) is 3.27. The van der Waals surface area contributed by atoms with Crippen LogP contribution < -0.4 is 5.32 Å². The molecule has 21 heavy (non-hydrogen) atoms. The molecule has 3 aromatic rings. The van der Waals surface area contributed by atoms with E-state index in [0.29, 0.717) is 11.1 Å². The molecule has 1 N–H and O–H groups in total. The van der Waals surface area contributed by atoms with E-state index in [1.807, 2.05) is 37.4 Å². The number of para-hydroxylation sites is 2. The highest BCUT2D eigenvalue weighted by molar-refractivity contribution is 7.99. The maximum Gasteiger partial charge on any atom is 0.263 e. The monoisotopic (exact) mass is 298 g/mol. The fourth-order valence-electron chi connectivity index (χ4n) is 2.13. The van der Waals surface area contributed by atoms with Crippen LogP contribution in [0.25, 0.3) is 11.1 Å². The fourth-order valence-corrected chi connectivity index (χ4v) is 2.90. The van der Waals surface area contributed by atoms with Crippen molar-refractivity contribution in [2.45, 2.75) is 29.0 Å². The number of nitrogens with one attached hydrogen (secondary N) is 1. The van der Waals surface area contributed by atoms with Crippen LogP contribution in [0.1, 0.15) is 24.6 Å². The zero-order chi connectivity index (χ0) is 14.2. The lowest BCUT2D eigenvalue weighted by Crippen LogP contribution is -2.00. The summed E-state index contributed by atoms with van der Waals surface area (Å²) in [5, 5.41) is 4.56. The Hall–Kier alpha value is -2.08. The number of hydrogen-bond donors (Lipinski definition) is 1. The number of fused-ring (bicyclic) bond motifs is 1. The van der Waals surface area contributed by atoms with Crippen molar-refractivity contribution in [3.8, 4) is 0 Å². The molecule has 1 aliphatic rings. The molecular formula is C15H14N4OS. The predicted molar refractivity (Wildman–Crippen MR) is 81.7 cm³/mol. The predicted octanol–water partition coefficient (Wildman–Crippen LogP) is 3.69. The third kappa shape index (κ3) is 2.58. The van der Waals surface area contributed by atoms with Gasteiger partial charge in [-0.3, -0.25) is 0 Å². The van der Waals surface area contributed by atoms with Crippen LogP contribution >= 0.6 is 11.8 Å². The number of oxazole rings is 1. The number of benzene rings is 1. The molecule has 1 fully saturated rings. The van der Waals surface area contributed by atoms with Crippen molar-refractivity contribution in [2.75, 3.05) is 12.4 Å². The SMILES string of the molecule is CNc1cc(Sc2nc3ccccc3o2)nc(C2CC2)n1. The van der Waals surface area contributed by atoms with E-state index in [2.05, 4.69) is 20.3 Å². The van der Waals surface area contributed by atoms with E-state index < -0.39 is 0 Å². The second-order valence-electron chi connectivity index (χ2n) is 5.02. The molecule has 106 valence electrons. The average molecular weight is 298 g/mol. The Balaban J connectivity index is 1.67. The van der Waals surface area contributed by atoms with Gasteiger partial charge in [-0.1, -0.05) is 12.1 Å². The Morgan fingerprint density at radius 3 is 2.81 bits per heavy atom. The second kappa shape index (κ2) is 5.04. The molecule has 0 bridgehead atoms. The van der Waals surface area contributed by atoms with Crippen molar-refractivity contribution in [3.05, 3.63) is 36.2 Å². The molecule has 6 heteroatoms. The summed E-state index contributed by atoms with van der Waals surface area (Å²) in [4.78, 5) is 13.6. The van der Waals surface area contributed by atoms with Gasteiger partial charge in [0.25, 0.3) is 5.22 Å². The van der Waals surface area contributed by atoms with Crippen molar-refractivity contribution in [2.24, 2.45) is 0 Å². The van der Waals surface area contributed by atoms with Crippen LogP contribution in [0.4, 0.5) is 5.82 Å². The topological polar surface area (TPSA) is 63.8 Å². The summed E-state index contributed by atoms with van der Waals surface area (Å²) in [6, 6.07) is 9.68. The first-order valence-corrected chi connectivity index (χ1v) is 7.73. The first-order valence-electron chi connectivity index (χ1n) is 6.92. The van der Waals surface area contributed by atoms with Crippen molar-refractivity contribution in [1.82, 2.24) is 15.0 Å². The molecule has 2 heterocycles. The van der Waals surface area contributed by atoms with Gasteiger partial charge in [0.05, 0.1) is 0 Å². The number of rotatable bonds is 4. The summed E-state index contributed by atoms with van der Waals surface area (Å²) >= 11 is 1.43. The zero-order valence-corrected chi connectivity index (χ0v) is 12.4. The molecule has 0 atom stereocenters. The Labute approximate surface area is 126 Å². The molecule has 0 amide bonds. The highest BCUT2D eigenvalue weighted by Crippen LogP contribution is 2.39. The molecule has 0 unspecified atom stereocenters. The largest absolute Gasteiger partial charge is 0.431 e. The van der Waals surface area contributed by atoms with Crippen molar-refractivity contribution < 1.29 is 4.42 Å². The normalized spacial score (nSPS) is 14.5. The number of anilines is 1. The van der Waals surface area contributed by atoms with E-state index >= 15 is 0 Å². The van der Waals surface area contributed by atoms with E-state index in [1.165, 1.54) is 24.6 Å². The van der Waals surface area contributed by atoms with Crippen LogP contribution in [0, 0.1) is 0 Å². The van der Waals surface area contributed by atoms with Crippen LogP contribution in [-0.2, 0) is 0 Å². The fraction of sp³-hybridized carbons (Fsp3) is 0.267. The van der Waals surface area contributed by atoms with Crippen molar-refractivity contribution in [3.63, 3.8) is 0 Å². The summed E-state index contributed by atoms with van der Waals surface area (Å²) < 4.78 is 5.73. The van der Waals surface area contributed by atoms with Crippen LogP contribution in [0.15, 0.2) is 45.0 Å². The van der Waals surface area contributed by atoms with E-state index in [-0.39, 0.29) is 0 Å². The lowest BCUT2D eigenvalue weighted by atomic mass is 10.3. The third-order valence-electron chi connectivity index (χ3n) is 3.38. The molecule has 0 aliphatic heterocycles. The summed E-state index contributed by atoms with van der Waals surface area (Å²) in [5.41, 5.74) is 1.66. The zero-order valence-electron chi connectivity index (χ0n) is 11.5. The smallest absolute Gasteiger partial charge is 0.263 e. The Kier molecular flexibility index (Phi) is 3.03. The number of nitrogens with zero attached hydrogens (tertiary/aromatic N) is 3. The third-order valence-corrected chi connectivity index (χ3v) is 4.15. The van der Waals surface area contributed by atoms with Crippen LogP contribution in [0.2, 0.25) is 0 Å². The lowest BCUT2D eigenvalue weighted by Gasteiger charge is -2.05. The van der Waals surface area contributed by atoms with Crippen LogP contribution in [0.5, 0.6) is 0 Å². The first kappa shape index (κ1) is 12.6. The quantitative estimate of drug-likeness (QED) is 0.741. The van der Waals surface area contributed by atoms with Crippen molar-refractivity contribution >= 4 is 28.7 Å². The maximum atomic E-state index is 5.73. The number of aromatic nitrogens is 3. The Bertz CT molecular complexity index is 764. The van der Waals surface area contributed by atoms with Gasteiger partial charge in [0.15, 0.2) is 5.58 Å². The van der Waals surface area contributed by atoms with E-state index in [0.717, 1.165) is 27.8 Å². The minimum atomic E-state index is 0.515. The minimum Gasteiger partial charge on any atom is -0.431 e. The van der Waals surface area contributed by atoms with Gasteiger partial charge in [-0.25, -0.2) is 15.0 Å². The van der Waals surface area contributed by atoms with Gasteiger partial charge in [-0.05, 0) is 36.7 Å². The molecule has 2 aromatic heterocycles. The molecule has 4 rings (SSSR count). The maximum absolute atomic E-state index is 5.73. The van der Waals surface area contributed by atoms with Crippen LogP contribution in [0.3, 0.4) is 0 Å². The van der Waals surface area contributed by atoms with Gasteiger partial charge >= 0.3 is 0 Å². The van der Waals surface area contributed by atoms with E-state index in [1.54, 1.807) is 0 Å². The molecule has 1 aromatic carbocycles. The minimum absolute atomic E-state index is 0.515. The van der Waals surface area contributed by atoms with Gasteiger partial charge in [0, 0.05) is 19.0 Å². The van der Waals surface area contributed by atoms with E-state index in [4.69, 9.17) is 4.42 Å². The molecular weight excluding hydrogens is 284 g/mol. The second-order valence-corrected chi connectivity index (χ2v) is 6.00. The summed E-state index contributed by atoms with van der Waals surface area (Å²) in [6.45, 7) is 0. The molecule has 1 aliphatic carbocycles. The standard InChI is InChI=1S/C15H14N4OS/c1-16-12-8-13(19-14(18-12)9-6-7-9)21-15-17-10-4-2-3-5-11(10)20-15/h2-5,8-9H,6-7H2,1H3,(H,16,18,19). The van der Waals surface area contributed by atoms with Gasteiger partial charge < -0.3 is 9.73 Å².